The van der Waals surface area contributed by atoms with Gasteiger partial charge in [0.05, 0.1) is 5.88 Å². The van der Waals surface area contributed by atoms with Crippen molar-refractivity contribution in [3.63, 3.8) is 0 Å². The van der Waals surface area contributed by atoms with Gasteiger partial charge in [-0.1, -0.05) is 13.8 Å². The van der Waals surface area contributed by atoms with Gasteiger partial charge in [0.25, 0.3) is 0 Å². The summed E-state index contributed by atoms with van der Waals surface area (Å²) >= 11 is 9.34. The fraction of sp³-hybridized carbons (Fsp3) is 0.500. The summed E-state index contributed by atoms with van der Waals surface area (Å²) in [6.45, 7) is 5.35. The molecule has 2 heterocycles. The Bertz CT molecular complexity index is 522. The van der Waals surface area contributed by atoms with Crippen molar-refractivity contribution in [1.82, 2.24) is 14.5 Å². The highest BCUT2D eigenvalue weighted by molar-refractivity contribution is 9.10. The van der Waals surface area contributed by atoms with E-state index in [1.807, 2.05) is 6.07 Å². The molecule has 0 aliphatic rings. The van der Waals surface area contributed by atoms with Crippen molar-refractivity contribution < 1.29 is 0 Å². The van der Waals surface area contributed by atoms with Crippen LogP contribution in [0.15, 0.2) is 16.7 Å². The smallest absolute Gasteiger partial charge is 0.160 e. The first kappa shape index (κ1) is 12.8. The van der Waals surface area contributed by atoms with Crippen molar-refractivity contribution in [2.75, 3.05) is 0 Å². The van der Waals surface area contributed by atoms with Gasteiger partial charge in [-0.2, -0.15) is 0 Å². The molecule has 0 aliphatic carbocycles. The molecule has 0 aliphatic heterocycles. The first-order valence-electron chi connectivity index (χ1n) is 5.68. The predicted octanol–water partition coefficient (Wildman–Crippen LogP) is 3.98. The predicted molar refractivity (Wildman–Crippen MR) is 74.2 cm³/mol. The zero-order chi connectivity index (χ0) is 12.4. The maximum atomic E-state index is 5.94. The number of imidazole rings is 1. The molecular weight excluding hydrogens is 302 g/mol. The number of fused-ring (bicyclic) bond motifs is 1. The summed E-state index contributed by atoms with van der Waals surface area (Å²) in [7, 11) is 0. The highest BCUT2D eigenvalue weighted by atomic mass is 79.9. The number of alkyl halides is 1. The van der Waals surface area contributed by atoms with Gasteiger partial charge >= 0.3 is 0 Å². The molecule has 0 atom stereocenters. The molecular formula is C12H15BrClN3. The van der Waals surface area contributed by atoms with Gasteiger partial charge < -0.3 is 4.57 Å². The molecule has 2 aromatic rings. The fourth-order valence-electron chi connectivity index (χ4n) is 1.76. The summed E-state index contributed by atoms with van der Waals surface area (Å²) in [5.41, 5.74) is 1.82. The van der Waals surface area contributed by atoms with E-state index in [1.165, 1.54) is 0 Å². The molecule has 17 heavy (non-hydrogen) atoms. The Morgan fingerprint density at radius 2 is 2.24 bits per heavy atom. The van der Waals surface area contributed by atoms with Gasteiger partial charge in [0.15, 0.2) is 5.65 Å². The largest absolute Gasteiger partial charge is 0.312 e. The first-order valence-corrected chi connectivity index (χ1v) is 7.01. The van der Waals surface area contributed by atoms with E-state index in [0.717, 1.165) is 34.4 Å². The van der Waals surface area contributed by atoms with Crippen molar-refractivity contribution in [2.24, 2.45) is 5.92 Å². The number of aryl methyl sites for hydroxylation is 1. The average Bonchev–Trinajstić information content (AvgIpc) is 2.63. The minimum atomic E-state index is 0.423. The Morgan fingerprint density at radius 1 is 1.47 bits per heavy atom. The summed E-state index contributed by atoms with van der Waals surface area (Å²) in [5, 5.41) is 0. The van der Waals surface area contributed by atoms with Crippen LogP contribution in [0.25, 0.3) is 11.2 Å². The molecule has 0 bridgehead atoms. The third-order valence-electron chi connectivity index (χ3n) is 2.68. The van der Waals surface area contributed by atoms with Crippen molar-refractivity contribution >= 4 is 38.7 Å². The van der Waals surface area contributed by atoms with Crippen LogP contribution in [0.5, 0.6) is 0 Å². The van der Waals surface area contributed by atoms with Gasteiger partial charge in [-0.05, 0) is 34.3 Å². The molecule has 3 nitrogen and oxygen atoms in total. The second kappa shape index (κ2) is 5.36. The van der Waals surface area contributed by atoms with Crippen LogP contribution in [0, 0.1) is 5.92 Å². The normalized spacial score (nSPS) is 11.6. The molecule has 5 heteroatoms. The fourth-order valence-corrected chi connectivity index (χ4v) is 2.28. The summed E-state index contributed by atoms with van der Waals surface area (Å²) in [6.07, 6.45) is 2.90. The van der Waals surface area contributed by atoms with E-state index < -0.39 is 0 Å². The number of hydrogen-bond donors (Lipinski definition) is 0. The second-order valence-corrected chi connectivity index (χ2v) is 5.68. The number of aromatic nitrogens is 3. The quantitative estimate of drug-likeness (QED) is 0.799. The summed E-state index contributed by atoms with van der Waals surface area (Å²) in [4.78, 5) is 8.93. The Morgan fingerprint density at radius 3 is 2.88 bits per heavy atom. The molecule has 0 amide bonds. The van der Waals surface area contributed by atoms with E-state index in [9.17, 15) is 0 Å². The topological polar surface area (TPSA) is 30.7 Å². The lowest BCUT2D eigenvalue weighted by Gasteiger charge is -2.08. The van der Waals surface area contributed by atoms with Crippen molar-refractivity contribution in [3.8, 4) is 0 Å². The lowest BCUT2D eigenvalue weighted by atomic mass is 10.1. The van der Waals surface area contributed by atoms with Gasteiger partial charge in [0, 0.05) is 17.2 Å². The standard InChI is InChI=1S/C12H15BrClN3/c1-8(2)3-4-17-11(6-14)16-10-5-9(13)7-15-12(10)17/h5,7-8H,3-4,6H2,1-2H3. The van der Waals surface area contributed by atoms with E-state index in [-0.39, 0.29) is 0 Å². The Hall–Kier alpha value is -0.610. The van der Waals surface area contributed by atoms with E-state index in [2.05, 4.69) is 44.3 Å². The van der Waals surface area contributed by atoms with E-state index in [0.29, 0.717) is 11.8 Å². The van der Waals surface area contributed by atoms with Gasteiger partial charge in [-0.25, -0.2) is 9.97 Å². The van der Waals surface area contributed by atoms with E-state index >= 15 is 0 Å². The van der Waals surface area contributed by atoms with Gasteiger partial charge in [-0.15, -0.1) is 11.6 Å². The van der Waals surface area contributed by atoms with E-state index in [4.69, 9.17) is 11.6 Å². The number of pyridine rings is 1. The lowest BCUT2D eigenvalue weighted by Crippen LogP contribution is -2.05. The minimum Gasteiger partial charge on any atom is -0.312 e. The van der Waals surface area contributed by atoms with Crippen LogP contribution in [0.4, 0.5) is 0 Å². The monoisotopic (exact) mass is 315 g/mol. The minimum absolute atomic E-state index is 0.423. The number of rotatable bonds is 4. The molecule has 2 rings (SSSR count). The summed E-state index contributed by atoms with van der Waals surface area (Å²) < 4.78 is 3.06. The zero-order valence-electron chi connectivity index (χ0n) is 9.95. The van der Waals surface area contributed by atoms with Crippen LogP contribution >= 0.6 is 27.5 Å². The van der Waals surface area contributed by atoms with Crippen LogP contribution < -0.4 is 0 Å². The number of hydrogen-bond acceptors (Lipinski definition) is 2. The highest BCUT2D eigenvalue weighted by Gasteiger charge is 2.11. The van der Waals surface area contributed by atoms with E-state index in [1.54, 1.807) is 6.20 Å². The molecule has 2 aromatic heterocycles. The molecule has 0 radical (unpaired) electrons. The maximum absolute atomic E-state index is 5.94. The SMILES string of the molecule is CC(C)CCn1c(CCl)nc2cc(Br)cnc21. The zero-order valence-corrected chi connectivity index (χ0v) is 12.3. The summed E-state index contributed by atoms with van der Waals surface area (Å²) in [6, 6.07) is 1.98. The number of halogens is 2. The van der Waals surface area contributed by atoms with Crippen LogP contribution in [0.2, 0.25) is 0 Å². The molecule has 0 saturated heterocycles. The molecule has 0 aromatic carbocycles. The molecule has 92 valence electrons. The average molecular weight is 317 g/mol. The first-order chi connectivity index (χ1) is 8.11. The van der Waals surface area contributed by atoms with Gasteiger partial charge in [-0.3, -0.25) is 0 Å². The Balaban J connectivity index is 2.43. The lowest BCUT2D eigenvalue weighted by molar-refractivity contribution is 0.514. The van der Waals surface area contributed by atoms with Crippen molar-refractivity contribution in [3.05, 3.63) is 22.6 Å². The third kappa shape index (κ3) is 2.80. The molecule has 0 spiro atoms. The van der Waals surface area contributed by atoms with Crippen LogP contribution in [0.1, 0.15) is 26.1 Å². The summed E-state index contributed by atoms with van der Waals surface area (Å²) in [5.74, 6) is 1.98. The second-order valence-electron chi connectivity index (χ2n) is 4.49. The van der Waals surface area contributed by atoms with Gasteiger partial charge in [0.1, 0.15) is 11.3 Å². The van der Waals surface area contributed by atoms with Crippen LogP contribution in [0.3, 0.4) is 0 Å². The van der Waals surface area contributed by atoms with Crippen LogP contribution in [-0.2, 0) is 12.4 Å². The van der Waals surface area contributed by atoms with Crippen LogP contribution in [-0.4, -0.2) is 14.5 Å². The third-order valence-corrected chi connectivity index (χ3v) is 3.35. The molecule has 0 saturated carbocycles. The highest BCUT2D eigenvalue weighted by Crippen LogP contribution is 2.20. The Labute approximate surface area is 114 Å². The molecule has 0 unspecified atom stereocenters. The van der Waals surface area contributed by atoms with Crippen molar-refractivity contribution in [1.29, 1.82) is 0 Å². The molecule has 0 N–H and O–H groups in total. The van der Waals surface area contributed by atoms with Gasteiger partial charge in [0.2, 0.25) is 0 Å². The molecule has 0 fully saturated rings. The van der Waals surface area contributed by atoms with Crippen molar-refractivity contribution in [2.45, 2.75) is 32.7 Å². The Kier molecular flexibility index (Phi) is 4.05. The number of nitrogens with zero attached hydrogens (tertiary/aromatic N) is 3. The maximum Gasteiger partial charge on any atom is 0.160 e.